The summed E-state index contributed by atoms with van der Waals surface area (Å²) in [4.78, 5) is 10.3. The van der Waals surface area contributed by atoms with Crippen LogP contribution in [-0.2, 0) is 11.4 Å². The van der Waals surface area contributed by atoms with Gasteiger partial charge in [-0.2, -0.15) is 0 Å². The van der Waals surface area contributed by atoms with Crippen LogP contribution < -0.4 is 0 Å². The third kappa shape index (κ3) is 2.71. The molecule has 3 nitrogen and oxygen atoms in total. The molecule has 2 N–H and O–H groups in total. The fourth-order valence-electron chi connectivity index (χ4n) is 1.13. The first-order chi connectivity index (χ1) is 6.63. The molecule has 14 heavy (non-hydrogen) atoms. The van der Waals surface area contributed by atoms with Gasteiger partial charge < -0.3 is 10.2 Å². The minimum Gasteiger partial charge on any atom is -0.478 e. The number of carboxylic acid groups (broad SMARTS) is 1. The van der Waals surface area contributed by atoms with Gasteiger partial charge in [0, 0.05) is 6.08 Å². The molecule has 0 aliphatic rings. The Hall–Kier alpha value is -1.61. The monoisotopic (exact) mass is 192 g/mol. The van der Waals surface area contributed by atoms with Crippen molar-refractivity contribution in [2.75, 3.05) is 0 Å². The van der Waals surface area contributed by atoms with E-state index in [9.17, 15) is 4.79 Å². The molecule has 0 radical (unpaired) electrons. The molecule has 0 aliphatic carbocycles. The van der Waals surface area contributed by atoms with Crippen LogP contribution in [0.1, 0.15) is 16.7 Å². The quantitative estimate of drug-likeness (QED) is 0.715. The lowest BCUT2D eigenvalue weighted by atomic mass is 10.1. The number of hydrogen-bond acceptors (Lipinski definition) is 2. The van der Waals surface area contributed by atoms with Gasteiger partial charge in [0.2, 0.25) is 0 Å². The molecule has 0 bridgehead atoms. The zero-order valence-corrected chi connectivity index (χ0v) is 7.90. The minimum atomic E-state index is -0.976. The number of aliphatic hydroxyl groups is 1. The predicted octanol–water partition coefficient (Wildman–Crippen LogP) is 1.59. The highest BCUT2D eigenvalue weighted by molar-refractivity contribution is 5.85. The summed E-state index contributed by atoms with van der Waals surface area (Å²) in [5.41, 5.74) is 2.60. The molecule has 1 aromatic carbocycles. The highest BCUT2D eigenvalue weighted by Crippen LogP contribution is 2.12. The van der Waals surface area contributed by atoms with Crippen LogP contribution in [-0.4, -0.2) is 16.2 Å². The Balaban J connectivity index is 2.95. The predicted molar refractivity (Wildman–Crippen MR) is 53.8 cm³/mol. The Kier molecular flexibility index (Phi) is 3.42. The van der Waals surface area contributed by atoms with Gasteiger partial charge in [0.15, 0.2) is 0 Å². The highest BCUT2D eigenvalue weighted by Gasteiger charge is 1.97. The van der Waals surface area contributed by atoms with Crippen LogP contribution in [0.25, 0.3) is 6.08 Å². The number of carboxylic acids is 1. The number of aliphatic hydroxyl groups excluding tert-OH is 1. The average molecular weight is 192 g/mol. The van der Waals surface area contributed by atoms with Crippen molar-refractivity contribution in [1.29, 1.82) is 0 Å². The van der Waals surface area contributed by atoms with E-state index in [1.165, 1.54) is 6.08 Å². The standard InChI is InChI=1S/C11H12O3/c1-8-2-3-9(4-5-11(13)14)6-10(8)7-12/h2-6,12H,7H2,1H3,(H,13,14). The molecule has 0 aromatic heterocycles. The van der Waals surface area contributed by atoms with Gasteiger partial charge in [0.05, 0.1) is 6.61 Å². The summed E-state index contributed by atoms with van der Waals surface area (Å²) >= 11 is 0. The molecule has 0 aliphatic heterocycles. The Morgan fingerprint density at radius 1 is 1.50 bits per heavy atom. The van der Waals surface area contributed by atoms with E-state index in [1.54, 1.807) is 6.07 Å². The number of carbonyl (C=O) groups is 1. The normalized spacial score (nSPS) is 10.7. The summed E-state index contributed by atoms with van der Waals surface area (Å²) in [6, 6.07) is 5.44. The molecular weight excluding hydrogens is 180 g/mol. The molecule has 74 valence electrons. The fourth-order valence-corrected chi connectivity index (χ4v) is 1.13. The number of hydrogen-bond donors (Lipinski definition) is 2. The van der Waals surface area contributed by atoms with Crippen molar-refractivity contribution in [1.82, 2.24) is 0 Å². The molecular formula is C11H12O3. The van der Waals surface area contributed by atoms with E-state index in [1.807, 2.05) is 19.1 Å². The van der Waals surface area contributed by atoms with Crippen LogP contribution in [0.4, 0.5) is 0 Å². The Bertz CT molecular complexity index is 367. The van der Waals surface area contributed by atoms with Crippen LogP contribution in [0.2, 0.25) is 0 Å². The number of benzene rings is 1. The van der Waals surface area contributed by atoms with Crippen molar-refractivity contribution >= 4 is 12.0 Å². The molecule has 0 saturated heterocycles. The SMILES string of the molecule is Cc1ccc(C=CC(=O)O)cc1CO. The summed E-state index contributed by atoms with van der Waals surface area (Å²) in [6.07, 6.45) is 2.58. The van der Waals surface area contributed by atoms with E-state index in [2.05, 4.69) is 0 Å². The van der Waals surface area contributed by atoms with Crippen molar-refractivity contribution in [3.05, 3.63) is 41.0 Å². The maximum atomic E-state index is 10.3. The number of aliphatic carboxylic acids is 1. The summed E-state index contributed by atoms with van der Waals surface area (Å²) in [5.74, 6) is -0.976. The van der Waals surface area contributed by atoms with Gasteiger partial charge in [0.25, 0.3) is 0 Å². The van der Waals surface area contributed by atoms with Gasteiger partial charge in [-0.3, -0.25) is 0 Å². The maximum Gasteiger partial charge on any atom is 0.328 e. The minimum absolute atomic E-state index is 0.0272. The Labute approximate surface area is 82.3 Å². The second kappa shape index (κ2) is 4.58. The van der Waals surface area contributed by atoms with Crippen molar-refractivity contribution in [2.24, 2.45) is 0 Å². The van der Waals surface area contributed by atoms with Crippen molar-refractivity contribution in [2.45, 2.75) is 13.5 Å². The van der Waals surface area contributed by atoms with E-state index >= 15 is 0 Å². The average Bonchev–Trinajstić information content (AvgIpc) is 2.16. The van der Waals surface area contributed by atoms with E-state index < -0.39 is 5.97 Å². The first kappa shape index (κ1) is 10.5. The summed E-state index contributed by atoms with van der Waals surface area (Å²) < 4.78 is 0. The molecule has 0 heterocycles. The lowest BCUT2D eigenvalue weighted by molar-refractivity contribution is -0.131. The molecule has 0 spiro atoms. The molecule has 3 heteroatoms. The van der Waals surface area contributed by atoms with E-state index in [4.69, 9.17) is 10.2 Å². The molecule has 0 saturated carbocycles. The van der Waals surface area contributed by atoms with Crippen LogP contribution in [0.3, 0.4) is 0 Å². The van der Waals surface area contributed by atoms with Gasteiger partial charge in [-0.15, -0.1) is 0 Å². The van der Waals surface area contributed by atoms with Gasteiger partial charge in [-0.05, 0) is 35.8 Å². The smallest absolute Gasteiger partial charge is 0.328 e. The van der Waals surface area contributed by atoms with Gasteiger partial charge >= 0.3 is 5.97 Å². The largest absolute Gasteiger partial charge is 0.478 e. The number of rotatable bonds is 3. The first-order valence-corrected chi connectivity index (χ1v) is 4.25. The highest BCUT2D eigenvalue weighted by atomic mass is 16.4. The molecule has 0 fully saturated rings. The van der Waals surface area contributed by atoms with E-state index in [0.29, 0.717) is 0 Å². The van der Waals surface area contributed by atoms with Gasteiger partial charge in [-0.25, -0.2) is 4.79 Å². The summed E-state index contributed by atoms with van der Waals surface area (Å²) in [5, 5.41) is 17.4. The van der Waals surface area contributed by atoms with E-state index in [-0.39, 0.29) is 6.61 Å². The molecule has 1 aromatic rings. The third-order valence-electron chi connectivity index (χ3n) is 1.96. The van der Waals surface area contributed by atoms with E-state index in [0.717, 1.165) is 22.8 Å². The topological polar surface area (TPSA) is 57.5 Å². The lowest BCUT2D eigenvalue weighted by Gasteiger charge is -2.02. The second-order valence-corrected chi connectivity index (χ2v) is 3.02. The fraction of sp³-hybridized carbons (Fsp3) is 0.182. The Morgan fingerprint density at radius 2 is 2.21 bits per heavy atom. The third-order valence-corrected chi connectivity index (χ3v) is 1.96. The Morgan fingerprint density at radius 3 is 2.79 bits per heavy atom. The maximum absolute atomic E-state index is 10.3. The molecule has 0 atom stereocenters. The molecule has 0 amide bonds. The second-order valence-electron chi connectivity index (χ2n) is 3.02. The zero-order chi connectivity index (χ0) is 10.6. The first-order valence-electron chi connectivity index (χ1n) is 4.25. The summed E-state index contributed by atoms with van der Waals surface area (Å²) in [6.45, 7) is 1.87. The van der Waals surface area contributed by atoms with Crippen molar-refractivity contribution < 1.29 is 15.0 Å². The van der Waals surface area contributed by atoms with Gasteiger partial charge in [-0.1, -0.05) is 12.1 Å². The van der Waals surface area contributed by atoms with Crippen LogP contribution in [0, 0.1) is 6.92 Å². The zero-order valence-electron chi connectivity index (χ0n) is 7.90. The number of aryl methyl sites for hydroxylation is 1. The van der Waals surface area contributed by atoms with Crippen molar-refractivity contribution in [3.63, 3.8) is 0 Å². The van der Waals surface area contributed by atoms with Crippen molar-refractivity contribution in [3.8, 4) is 0 Å². The summed E-state index contributed by atoms with van der Waals surface area (Å²) in [7, 11) is 0. The van der Waals surface area contributed by atoms with Crippen LogP contribution >= 0.6 is 0 Å². The van der Waals surface area contributed by atoms with Gasteiger partial charge in [0.1, 0.15) is 0 Å². The van der Waals surface area contributed by atoms with Crippen LogP contribution in [0.5, 0.6) is 0 Å². The lowest BCUT2D eigenvalue weighted by Crippen LogP contribution is -1.90. The molecule has 0 unspecified atom stereocenters. The molecule has 1 rings (SSSR count). The van der Waals surface area contributed by atoms with Crippen LogP contribution in [0.15, 0.2) is 24.3 Å².